The number of nitrogens with zero attached hydrogens (tertiary/aromatic N) is 2. The second-order valence-electron chi connectivity index (χ2n) is 9.71. The van der Waals surface area contributed by atoms with Crippen LogP contribution < -0.4 is 16.2 Å². The van der Waals surface area contributed by atoms with Crippen molar-refractivity contribution in [1.82, 2.24) is 26.0 Å². The Hall–Kier alpha value is -0.310. The molecule has 6 nitrogen and oxygen atoms in total. The molecule has 4 heterocycles. The van der Waals surface area contributed by atoms with Crippen LogP contribution in [0.4, 0.5) is 4.39 Å². The first-order valence-corrected chi connectivity index (χ1v) is 11.7. The van der Waals surface area contributed by atoms with Crippen LogP contribution in [0, 0.1) is 17.8 Å². The third kappa shape index (κ3) is 4.12. The lowest BCUT2D eigenvalue weighted by Crippen LogP contribution is -2.61. The molecule has 0 aromatic carbocycles. The predicted molar refractivity (Wildman–Crippen MR) is 108 cm³/mol. The summed E-state index contributed by atoms with van der Waals surface area (Å²) in [5.74, 6) is 1.96. The van der Waals surface area contributed by atoms with E-state index in [1.807, 2.05) is 0 Å². The molecule has 0 radical (unpaired) electrons. The highest BCUT2D eigenvalue weighted by Crippen LogP contribution is 2.33. The van der Waals surface area contributed by atoms with Crippen molar-refractivity contribution in [3.63, 3.8) is 0 Å². The summed E-state index contributed by atoms with van der Waals surface area (Å²) >= 11 is 0. The van der Waals surface area contributed by atoms with Gasteiger partial charge in [0.15, 0.2) is 0 Å². The first-order chi connectivity index (χ1) is 13.8. The Morgan fingerprint density at radius 2 is 1.79 bits per heavy atom. The van der Waals surface area contributed by atoms with Crippen LogP contribution in [0.1, 0.15) is 38.5 Å². The maximum atomic E-state index is 13.5. The van der Waals surface area contributed by atoms with Gasteiger partial charge in [0.05, 0.1) is 12.3 Å². The number of nitrogens with one attached hydrogen (secondary N) is 3. The minimum atomic E-state index is -0.560. The highest BCUT2D eigenvalue weighted by molar-refractivity contribution is 4.94. The van der Waals surface area contributed by atoms with Crippen LogP contribution in [0.25, 0.3) is 0 Å². The van der Waals surface area contributed by atoms with Crippen molar-refractivity contribution in [2.45, 2.75) is 63.0 Å². The Balaban J connectivity index is 1.11. The van der Waals surface area contributed by atoms with Crippen LogP contribution in [0.5, 0.6) is 0 Å². The van der Waals surface area contributed by atoms with Gasteiger partial charge in [0.1, 0.15) is 6.17 Å². The van der Waals surface area contributed by atoms with Crippen molar-refractivity contribution in [3.05, 3.63) is 0 Å². The van der Waals surface area contributed by atoms with E-state index < -0.39 is 6.17 Å². The van der Waals surface area contributed by atoms with E-state index in [0.717, 1.165) is 71.6 Å². The lowest BCUT2D eigenvalue weighted by atomic mass is 9.79. The first-order valence-electron chi connectivity index (χ1n) is 11.7. The summed E-state index contributed by atoms with van der Waals surface area (Å²) in [6.07, 6.45) is 6.44. The third-order valence-corrected chi connectivity index (χ3v) is 8.09. The van der Waals surface area contributed by atoms with Gasteiger partial charge in [-0.15, -0.1) is 0 Å². The molecule has 160 valence electrons. The standard InChI is InChI=1S/C21H38FN5O/c22-17-3-1-15(2-4-17)20-16(13-24-25-20)14-26-8-10-27(11-9-26)21-18-6-12-28-19(18)5-7-23-21/h15-21,23-25H,1-14H2. The maximum Gasteiger partial charge on any atom is 0.100 e. The SMILES string of the molecule is FC1CCC(C2NNCC2CN2CCN(C3NCCC4OCCC43)CC2)CC1. The summed E-state index contributed by atoms with van der Waals surface area (Å²) in [5.41, 5.74) is 6.93. The number of rotatable bonds is 4. The summed E-state index contributed by atoms with van der Waals surface area (Å²) in [5, 5.41) is 3.78. The topological polar surface area (TPSA) is 51.8 Å². The van der Waals surface area contributed by atoms with E-state index >= 15 is 0 Å². The summed E-state index contributed by atoms with van der Waals surface area (Å²) in [6, 6.07) is 0.516. The molecule has 0 amide bonds. The smallest absolute Gasteiger partial charge is 0.100 e. The zero-order chi connectivity index (χ0) is 18.9. The van der Waals surface area contributed by atoms with E-state index in [1.54, 1.807) is 0 Å². The zero-order valence-corrected chi connectivity index (χ0v) is 17.1. The monoisotopic (exact) mass is 395 g/mol. The van der Waals surface area contributed by atoms with Gasteiger partial charge in [-0.25, -0.2) is 4.39 Å². The highest BCUT2D eigenvalue weighted by atomic mass is 19.1. The number of piperazine rings is 1. The summed E-state index contributed by atoms with van der Waals surface area (Å²) in [6.45, 7) is 8.90. The van der Waals surface area contributed by atoms with Crippen molar-refractivity contribution in [3.8, 4) is 0 Å². The van der Waals surface area contributed by atoms with Gasteiger partial charge in [-0.05, 0) is 51.0 Å². The molecular weight excluding hydrogens is 357 g/mol. The van der Waals surface area contributed by atoms with Crippen molar-refractivity contribution in [2.24, 2.45) is 17.8 Å². The lowest BCUT2D eigenvalue weighted by Gasteiger charge is -2.45. The molecule has 7 heteroatoms. The molecule has 0 bridgehead atoms. The molecule has 5 aliphatic rings. The fourth-order valence-electron chi connectivity index (χ4n) is 6.48. The Morgan fingerprint density at radius 1 is 0.964 bits per heavy atom. The number of ether oxygens (including phenoxy) is 1. The van der Waals surface area contributed by atoms with Crippen LogP contribution in [-0.4, -0.2) is 86.7 Å². The summed E-state index contributed by atoms with van der Waals surface area (Å²) < 4.78 is 19.5. The molecule has 0 aromatic rings. The molecular formula is C21H38FN5O. The third-order valence-electron chi connectivity index (χ3n) is 8.09. The van der Waals surface area contributed by atoms with Crippen LogP contribution in [-0.2, 0) is 4.74 Å². The van der Waals surface area contributed by atoms with E-state index in [9.17, 15) is 4.39 Å². The number of hydrazine groups is 1. The van der Waals surface area contributed by atoms with Gasteiger partial charge in [0.2, 0.25) is 0 Å². The maximum absolute atomic E-state index is 13.5. The predicted octanol–water partition coefficient (Wildman–Crippen LogP) is 0.949. The van der Waals surface area contributed by atoms with Crippen LogP contribution >= 0.6 is 0 Å². The fourth-order valence-corrected chi connectivity index (χ4v) is 6.48. The highest BCUT2D eigenvalue weighted by Gasteiger charge is 2.41. The lowest BCUT2D eigenvalue weighted by molar-refractivity contribution is -0.00998. The quantitative estimate of drug-likeness (QED) is 0.659. The number of piperidine rings is 1. The van der Waals surface area contributed by atoms with Crippen molar-refractivity contribution in [1.29, 1.82) is 0 Å². The number of hydrogen-bond donors (Lipinski definition) is 3. The molecule has 28 heavy (non-hydrogen) atoms. The number of hydrogen-bond acceptors (Lipinski definition) is 6. The van der Waals surface area contributed by atoms with Gasteiger partial charge in [0.25, 0.3) is 0 Å². The van der Waals surface area contributed by atoms with E-state index in [2.05, 4.69) is 26.0 Å². The molecule has 0 spiro atoms. The van der Waals surface area contributed by atoms with Crippen LogP contribution in [0.15, 0.2) is 0 Å². The minimum Gasteiger partial charge on any atom is -0.378 e. The van der Waals surface area contributed by atoms with Gasteiger partial charge < -0.3 is 15.0 Å². The molecule has 5 unspecified atom stereocenters. The molecule has 5 rings (SSSR count). The zero-order valence-electron chi connectivity index (χ0n) is 17.1. The Morgan fingerprint density at radius 3 is 2.61 bits per heavy atom. The molecule has 1 saturated carbocycles. The minimum absolute atomic E-state index is 0.486. The molecule has 0 aromatic heterocycles. The Labute approximate surface area is 168 Å². The van der Waals surface area contributed by atoms with Gasteiger partial charge >= 0.3 is 0 Å². The summed E-state index contributed by atoms with van der Waals surface area (Å²) in [4.78, 5) is 5.34. The fraction of sp³-hybridized carbons (Fsp3) is 1.00. The van der Waals surface area contributed by atoms with Gasteiger partial charge in [-0.1, -0.05) is 0 Å². The van der Waals surface area contributed by atoms with E-state index in [0.29, 0.717) is 36.1 Å². The second-order valence-corrected chi connectivity index (χ2v) is 9.71. The van der Waals surface area contributed by atoms with E-state index in [4.69, 9.17) is 4.74 Å². The molecule has 3 N–H and O–H groups in total. The van der Waals surface area contributed by atoms with Crippen molar-refractivity contribution < 1.29 is 9.13 Å². The number of alkyl halides is 1. The molecule has 5 atom stereocenters. The van der Waals surface area contributed by atoms with Crippen molar-refractivity contribution >= 4 is 0 Å². The van der Waals surface area contributed by atoms with Gasteiger partial charge in [-0.3, -0.25) is 15.8 Å². The van der Waals surface area contributed by atoms with Crippen molar-refractivity contribution in [2.75, 3.05) is 52.4 Å². The van der Waals surface area contributed by atoms with Crippen LogP contribution in [0.3, 0.4) is 0 Å². The average Bonchev–Trinajstić information content (AvgIpc) is 3.38. The van der Waals surface area contributed by atoms with E-state index in [1.165, 1.54) is 19.4 Å². The Bertz CT molecular complexity index is 509. The summed E-state index contributed by atoms with van der Waals surface area (Å²) in [7, 11) is 0. The molecule has 4 aliphatic heterocycles. The van der Waals surface area contributed by atoms with Gasteiger partial charge in [0, 0.05) is 63.8 Å². The first kappa shape index (κ1) is 19.6. The van der Waals surface area contributed by atoms with Gasteiger partial charge in [-0.2, -0.15) is 0 Å². The number of fused-ring (bicyclic) bond motifs is 1. The molecule has 1 aliphatic carbocycles. The largest absolute Gasteiger partial charge is 0.378 e. The van der Waals surface area contributed by atoms with E-state index in [-0.39, 0.29) is 0 Å². The normalized spacial score (nSPS) is 46.0. The average molecular weight is 396 g/mol. The Kier molecular flexibility index (Phi) is 6.19. The van der Waals surface area contributed by atoms with Crippen LogP contribution in [0.2, 0.25) is 0 Å². The number of halogens is 1. The molecule has 5 fully saturated rings. The molecule has 4 saturated heterocycles. The second kappa shape index (κ2) is 8.82.